The molecule has 1 fully saturated rings. The molecule has 0 spiro atoms. The lowest BCUT2D eigenvalue weighted by Gasteiger charge is -2.23. The standard InChI is InChI=1S/C22H28N2O6S/c1-14(10-16-11-18(25)24-19(16)26)29-20(27)17(23-21(28)30-22(2,3)4)13-31-12-15-8-6-5-7-9-15/h5-9,16-17H,1,10-13H2,2-4H3,(H,23,28)(H,24,25,26)/t16-,17-/m0/s1. The van der Waals surface area contributed by atoms with Crippen LogP contribution in [0.3, 0.4) is 0 Å². The molecule has 0 saturated carbocycles. The lowest BCUT2D eigenvalue weighted by Crippen LogP contribution is -2.45. The zero-order valence-electron chi connectivity index (χ0n) is 17.9. The van der Waals surface area contributed by atoms with Crippen LogP contribution in [0.2, 0.25) is 0 Å². The molecule has 31 heavy (non-hydrogen) atoms. The molecule has 8 nitrogen and oxygen atoms in total. The average Bonchev–Trinajstić information content (AvgIpc) is 2.97. The van der Waals surface area contributed by atoms with Crippen LogP contribution in [-0.4, -0.2) is 41.3 Å². The summed E-state index contributed by atoms with van der Waals surface area (Å²) in [4.78, 5) is 47.9. The summed E-state index contributed by atoms with van der Waals surface area (Å²) in [6.07, 6.45) is -0.664. The highest BCUT2D eigenvalue weighted by molar-refractivity contribution is 7.98. The number of thioether (sulfide) groups is 1. The highest BCUT2D eigenvalue weighted by atomic mass is 32.2. The number of amides is 3. The van der Waals surface area contributed by atoms with E-state index in [-0.39, 0.29) is 30.3 Å². The van der Waals surface area contributed by atoms with Crippen LogP contribution >= 0.6 is 11.8 Å². The van der Waals surface area contributed by atoms with Crippen molar-refractivity contribution in [2.24, 2.45) is 5.92 Å². The van der Waals surface area contributed by atoms with Crippen LogP contribution in [-0.2, 0) is 29.6 Å². The molecule has 1 aromatic rings. The Bertz CT molecular complexity index is 834. The number of carbonyl (C=O) groups excluding carboxylic acids is 4. The average molecular weight is 449 g/mol. The first kappa shape index (κ1) is 24.5. The van der Waals surface area contributed by atoms with Gasteiger partial charge < -0.3 is 14.8 Å². The number of imide groups is 1. The van der Waals surface area contributed by atoms with Crippen LogP contribution in [0.15, 0.2) is 42.7 Å². The number of hydrogen-bond donors (Lipinski definition) is 2. The topological polar surface area (TPSA) is 111 Å². The maximum Gasteiger partial charge on any atom is 0.408 e. The minimum atomic E-state index is -0.973. The Labute approximate surface area is 186 Å². The van der Waals surface area contributed by atoms with E-state index in [4.69, 9.17) is 9.47 Å². The minimum absolute atomic E-state index is 0.0297. The predicted octanol–water partition coefficient (Wildman–Crippen LogP) is 2.92. The molecule has 1 aliphatic rings. The maximum absolute atomic E-state index is 12.7. The molecule has 168 valence electrons. The summed E-state index contributed by atoms with van der Waals surface area (Å²) >= 11 is 1.45. The largest absolute Gasteiger partial charge is 0.444 e. The van der Waals surface area contributed by atoms with Gasteiger partial charge in [-0.1, -0.05) is 36.9 Å². The first-order chi connectivity index (χ1) is 14.5. The zero-order chi connectivity index (χ0) is 23.0. The highest BCUT2D eigenvalue weighted by Crippen LogP contribution is 2.21. The molecule has 1 aromatic carbocycles. The minimum Gasteiger partial charge on any atom is -0.444 e. The van der Waals surface area contributed by atoms with Gasteiger partial charge in [-0.05, 0) is 26.3 Å². The second kappa shape index (κ2) is 11.0. The Balaban J connectivity index is 1.95. The lowest BCUT2D eigenvalue weighted by atomic mass is 10.0. The Morgan fingerprint density at radius 1 is 1.26 bits per heavy atom. The number of alkyl carbamates (subject to hydrolysis) is 1. The van der Waals surface area contributed by atoms with Gasteiger partial charge in [-0.3, -0.25) is 14.9 Å². The van der Waals surface area contributed by atoms with E-state index in [1.165, 1.54) is 11.8 Å². The van der Waals surface area contributed by atoms with E-state index < -0.39 is 35.5 Å². The van der Waals surface area contributed by atoms with Crippen molar-refractivity contribution in [2.45, 2.75) is 51.0 Å². The van der Waals surface area contributed by atoms with Crippen molar-refractivity contribution in [1.29, 1.82) is 0 Å². The first-order valence-electron chi connectivity index (χ1n) is 9.88. The molecule has 1 heterocycles. The van der Waals surface area contributed by atoms with Gasteiger partial charge >= 0.3 is 12.1 Å². The van der Waals surface area contributed by atoms with Crippen LogP contribution in [0.5, 0.6) is 0 Å². The fraction of sp³-hybridized carbons (Fsp3) is 0.455. The van der Waals surface area contributed by atoms with E-state index in [1.807, 2.05) is 30.3 Å². The molecule has 0 bridgehead atoms. The Hall–Kier alpha value is -2.81. The molecule has 1 aliphatic heterocycles. The third-order valence-electron chi connectivity index (χ3n) is 4.16. The van der Waals surface area contributed by atoms with Gasteiger partial charge in [0, 0.05) is 24.3 Å². The van der Waals surface area contributed by atoms with E-state index in [2.05, 4.69) is 17.2 Å². The normalized spacial score (nSPS) is 16.9. The molecular formula is C22H28N2O6S. The summed E-state index contributed by atoms with van der Waals surface area (Å²) in [6.45, 7) is 8.85. The number of rotatable bonds is 9. The van der Waals surface area contributed by atoms with Gasteiger partial charge in [-0.2, -0.15) is 11.8 Å². The van der Waals surface area contributed by atoms with Gasteiger partial charge in [0.05, 0.1) is 5.92 Å². The van der Waals surface area contributed by atoms with Crippen LogP contribution in [0.4, 0.5) is 4.79 Å². The van der Waals surface area contributed by atoms with Gasteiger partial charge in [-0.25, -0.2) is 9.59 Å². The van der Waals surface area contributed by atoms with E-state index in [0.29, 0.717) is 5.75 Å². The number of nitrogens with one attached hydrogen (secondary N) is 2. The molecule has 1 saturated heterocycles. The predicted molar refractivity (Wildman–Crippen MR) is 117 cm³/mol. The van der Waals surface area contributed by atoms with Crippen LogP contribution < -0.4 is 10.6 Å². The number of ether oxygens (including phenoxy) is 2. The van der Waals surface area contributed by atoms with Crippen LogP contribution in [0.25, 0.3) is 0 Å². The Morgan fingerprint density at radius 2 is 1.94 bits per heavy atom. The van der Waals surface area contributed by atoms with Crippen LogP contribution in [0, 0.1) is 5.92 Å². The molecule has 0 aliphatic carbocycles. The second-order valence-corrected chi connectivity index (χ2v) is 9.21. The van der Waals surface area contributed by atoms with Crippen molar-refractivity contribution in [3.05, 3.63) is 48.2 Å². The van der Waals surface area contributed by atoms with Crippen molar-refractivity contribution >= 4 is 35.6 Å². The Kier molecular flexibility index (Phi) is 8.67. The molecule has 2 N–H and O–H groups in total. The summed E-state index contributed by atoms with van der Waals surface area (Å²) in [5.74, 6) is -1.14. The van der Waals surface area contributed by atoms with Gasteiger partial charge in [0.2, 0.25) is 11.8 Å². The summed E-state index contributed by atoms with van der Waals surface area (Å²) in [5.41, 5.74) is 0.361. The van der Waals surface area contributed by atoms with Crippen molar-refractivity contribution in [3.63, 3.8) is 0 Å². The third kappa shape index (κ3) is 8.84. The molecule has 0 unspecified atom stereocenters. The van der Waals surface area contributed by atoms with Crippen molar-refractivity contribution in [3.8, 4) is 0 Å². The van der Waals surface area contributed by atoms with Gasteiger partial charge in [0.15, 0.2) is 0 Å². The van der Waals surface area contributed by atoms with Gasteiger partial charge in [0.1, 0.15) is 17.4 Å². The van der Waals surface area contributed by atoms with Crippen molar-refractivity contribution in [1.82, 2.24) is 10.6 Å². The monoisotopic (exact) mass is 448 g/mol. The summed E-state index contributed by atoms with van der Waals surface area (Å²) in [7, 11) is 0. The lowest BCUT2D eigenvalue weighted by molar-refractivity contribution is -0.142. The maximum atomic E-state index is 12.7. The smallest absolute Gasteiger partial charge is 0.408 e. The fourth-order valence-electron chi connectivity index (χ4n) is 2.79. The van der Waals surface area contributed by atoms with Crippen molar-refractivity contribution < 1.29 is 28.7 Å². The van der Waals surface area contributed by atoms with Gasteiger partial charge in [0.25, 0.3) is 0 Å². The highest BCUT2D eigenvalue weighted by Gasteiger charge is 2.32. The summed E-state index contributed by atoms with van der Waals surface area (Å²) in [6, 6.07) is 8.74. The van der Waals surface area contributed by atoms with E-state index in [9.17, 15) is 19.2 Å². The molecule has 3 amide bonds. The number of hydrogen-bond acceptors (Lipinski definition) is 7. The van der Waals surface area contributed by atoms with E-state index in [0.717, 1.165) is 5.56 Å². The quantitative estimate of drug-likeness (QED) is 0.339. The third-order valence-corrected chi connectivity index (χ3v) is 5.26. The van der Waals surface area contributed by atoms with E-state index >= 15 is 0 Å². The number of carbonyl (C=O) groups is 4. The SMILES string of the molecule is C=C(C[C@H]1CC(=O)NC1=O)OC(=O)[C@H](CSCc1ccccc1)NC(=O)OC(C)(C)C. The fourth-order valence-corrected chi connectivity index (χ4v) is 3.79. The zero-order valence-corrected chi connectivity index (χ0v) is 18.8. The molecule has 2 atom stereocenters. The van der Waals surface area contributed by atoms with E-state index in [1.54, 1.807) is 20.8 Å². The number of benzene rings is 1. The Morgan fingerprint density at radius 3 is 2.52 bits per heavy atom. The molecule has 0 radical (unpaired) electrons. The van der Waals surface area contributed by atoms with Gasteiger partial charge in [-0.15, -0.1) is 0 Å². The van der Waals surface area contributed by atoms with Crippen LogP contribution in [0.1, 0.15) is 39.2 Å². The number of allylic oxidation sites excluding steroid dienone is 1. The second-order valence-electron chi connectivity index (χ2n) is 8.18. The molecule has 2 rings (SSSR count). The number of esters is 1. The van der Waals surface area contributed by atoms with Crippen molar-refractivity contribution in [2.75, 3.05) is 5.75 Å². The summed E-state index contributed by atoms with van der Waals surface area (Å²) < 4.78 is 10.5. The molecular weight excluding hydrogens is 420 g/mol. The summed E-state index contributed by atoms with van der Waals surface area (Å²) in [5, 5.41) is 4.75. The molecule has 9 heteroatoms. The first-order valence-corrected chi connectivity index (χ1v) is 11.0. The molecule has 0 aromatic heterocycles.